The minimum absolute atomic E-state index is 0.00647. The SMILES string of the molecule is C=CCCCCOC(=O)[C@@H]1[C@H]2C(=O)N(CCCCO)C(C(=O)N(CC=C)CCCC)C23S[C@@H]1CC3C. The summed E-state index contributed by atoms with van der Waals surface area (Å²) in [5.41, 5.74) is 0. The molecule has 0 radical (unpaired) electrons. The van der Waals surface area contributed by atoms with E-state index in [0.717, 1.165) is 38.5 Å². The zero-order valence-corrected chi connectivity index (χ0v) is 22.8. The summed E-state index contributed by atoms with van der Waals surface area (Å²) < 4.78 is 5.05. The van der Waals surface area contributed by atoms with Crippen LogP contribution in [0.15, 0.2) is 25.3 Å². The van der Waals surface area contributed by atoms with Crippen molar-refractivity contribution in [3.63, 3.8) is 0 Å². The molecule has 202 valence electrons. The molecule has 6 atom stereocenters. The summed E-state index contributed by atoms with van der Waals surface area (Å²) in [6.45, 7) is 13.7. The first kappa shape index (κ1) is 28.8. The third-order valence-electron chi connectivity index (χ3n) is 8.05. The maximum atomic E-state index is 14.1. The largest absolute Gasteiger partial charge is 0.465 e. The predicted octanol–water partition coefficient (Wildman–Crippen LogP) is 3.81. The second-order valence-electron chi connectivity index (χ2n) is 10.4. The third kappa shape index (κ3) is 5.40. The molecule has 3 aliphatic heterocycles. The molecule has 2 amide bonds. The van der Waals surface area contributed by atoms with Crippen molar-refractivity contribution in [2.45, 2.75) is 81.3 Å². The van der Waals surface area contributed by atoms with Crippen LogP contribution in [0.1, 0.15) is 65.2 Å². The number of thioether (sulfide) groups is 1. The number of allylic oxidation sites excluding steroid dienone is 1. The Kier molecular flexibility index (Phi) is 10.5. The molecule has 0 aromatic heterocycles. The Morgan fingerprint density at radius 2 is 2.00 bits per heavy atom. The zero-order valence-electron chi connectivity index (χ0n) is 22.0. The molecule has 0 aromatic rings. The summed E-state index contributed by atoms with van der Waals surface area (Å²) in [7, 11) is 0. The predicted molar refractivity (Wildman–Crippen MR) is 143 cm³/mol. The van der Waals surface area contributed by atoms with Crippen LogP contribution < -0.4 is 0 Å². The number of fused-ring (bicyclic) bond motifs is 1. The van der Waals surface area contributed by atoms with Crippen molar-refractivity contribution in [3.8, 4) is 0 Å². The van der Waals surface area contributed by atoms with Gasteiger partial charge in [0.2, 0.25) is 11.8 Å². The normalized spacial score (nSPS) is 30.4. The number of carbonyl (C=O) groups is 3. The van der Waals surface area contributed by atoms with E-state index >= 15 is 0 Å². The van der Waals surface area contributed by atoms with Crippen molar-refractivity contribution >= 4 is 29.5 Å². The number of unbranched alkanes of at least 4 members (excludes halogenated alkanes) is 4. The van der Waals surface area contributed by atoms with E-state index in [2.05, 4.69) is 27.0 Å². The number of nitrogens with zero attached hydrogens (tertiary/aromatic N) is 2. The van der Waals surface area contributed by atoms with E-state index in [9.17, 15) is 19.5 Å². The number of likely N-dealkylation sites (tertiary alicyclic amines) is 1. The lowest BCUT2D eigenvalue weighted by molar-refractivity contribution is -0.154. The van der Waals surface area contributed by atoms with Gasteiger partial charge in [-0.05, 0) is 50.9 Å². The van der Waals surface area contributed by atoms with Gasteiger partial charge in [-0.3, -0.25) is 14.4 Å². The summed E-state index contributed by atoms with van der Waals surface area (Å²) >= 11 is 1.68. The highest BCUT2D eigenvalue weighted by atomic mass is 32.2. The van der Waals surface area contributed by atoms with Crippen LogP contribution in [0.4, 0.5) is 0 Å². The van der Waals surface area contributed by atoms with Gasteiger partial charge in [0.05, 0.1) is 23.2 Å². The van der Waals surface area contributed by atoms with E-state index in [1.54, 1.807) is 22.7 Å². The van der Waals surface area contributed by atoms with E-state index in [4.69, 9.17) is 4.74 Å². The highest BCUT2D eigenvalue weighted by molar-refractivity contribution is 8.02. The van der Waals surface area contributed by atoms with Crippen LogP contribution in [0.25, 0.3) is 0 Å². The van der Waals surface area contributed by atoms with Gasteiger partial charge >= 0.3 is 5.97 Å². The van der Waals surface area contributed by atoms with Crippen molar-refractivity contribution in [2.75, 3.05) is 32.8 Å². The Morgan fingerprint density at radius 3 is 2.67 bits per heavy atom. The average molecular weight is 521 g/mol. The van der Waals surface area contributed by atoms with Crippen molar-refractivity contribution in [1.29, 1.82) is 0 Å². The lowest BCUT2D eigenvalue weighted by atomic mass is 9.66. The summed E-state index contributed by atoms with van der Waals surface area (Å²) in [5, 5.41) is 9.33. The van der Waals surface area contributed by atoms with Crippen LogP contribution >= 0.6 is 11.8 Å². The summed E-state index contributed by atoms with van der Waals surface area (Å²) in [6, 6.07) is -0.610. The lowest BCUT2D eigenvalue weighted by Crippen LogP contribution is -2.57. The number of aliphatic hydroxyl groups is 1. The quantitative estimate of drug-likeness (QED) is 0.189. The molecule has 3 rings (SSSR count). The molecule has 0 aromatic carbocycles. The Morgan fingerprint density at radius 1 is 1.22 bits per heavy atom. The lowest BCUT2D eigenvalue weighted by Gasteiger charge is -2.40. The van der Waals surface area contributed by atoms with Crippen molar-refractivity contribution in [3.05, 3.63) is 25.3 Å². The van der Waals surface area contributed by atoms with Gasteiger partial charge in [-0.25, -0.2) is 0 Å². The molecule has 2 bridgehead atoms. The molecule has 1 N–H and O–H groups in total. The number of rotatable bonds is 16. The van der Waals surface area contributed by atoms with Gasteiger partial charge in [0.1, 0.15) is 6.04 Å². The molecule has 7 nitrogen and oxygen atoms in total. The van der Waals surface area contributed by atoms with E-state index in [1.807, 2.05) is 11.0 Å². The Hall–Kier alpha value is -1.80. The Balaban J connectivity index is 1.91. The standard InChI is InChI=1S/C28H44N2O5S/c1-5-8-10-13-18-35-27(34)22-21-19-20(4)28(36-21)23(22)25(32)30(16-11-12-17-31)24(28)26(33)29(14-7-3)15-9-6-2/h5,7,20-24,31H,1,3,6,8-19H2,2,4H3/t20?,21-,22+,23+,24?,28?/m1/s1. The van der Waals surface area contributed by atoms with E-state index in [0.29, 0.717) is 39.1 Å². The minimum Gasteiger partial charge on any atom is -0.465 e. The zero-order chi connectivity index (χ0) is 26.3. The van der Waals surface area contributed by atoms with Crippen LogP contribution in [0.5, 0.6) is 0 Å². The number of hydrogen-bond donors (Lipinski definition) is 1. The number of hydrogen-bond acceptors (Lipinski definition) is 6. The van der Waals surface area contributed by atoms with Gasteiger partial charge in [0.25, 0.3) is 0 Å². The molecule has 0 aliphatic carbocycles. The topological polar surface area (TPSA) is 87.1 Å². The first-order valence-electron chi connectivity index (χ1n) is 13.6. The highest BCUT2D eigenvalue weighted by Crippen LogP contribution is 2.68. The van der Waals surface area contributed by atoms with E-state index in [1.165, 1.54) is 0 Å². The van der Waals surface area contributed by atoms with Gasteiger partial charge in [0, 0.05) is 31.5 Å². The minimum atomic E-state index is -0.629. The smallest absolute Gasteiger partial charge is 0.310 e. The molecular formula is C28H44N2O5S. The van der Waals surface area contributed by atoms with Gasteiger partial charge in [-0.15, -0.1) is 24.9 Å². The van der Waals surface area contributed by atoms with E-state index < -0.39 is 22.6 Å². The summed E-state index contributed by atoms with van der Waals surface area (Å²) in [6.07, 6.45) is 9.99. The van der Waals surface area contributed by atoms with Crippen LogP contribution in [-0.4, -0.2) is 81.6 Å². The number of amides is 2. The number of aliphatic hydroxyl groups excluding tert-OH is 1. The van der Waals surface area contributed by atoms with Crippen LogP contribution in [-0.2, 0) is 19.1 Å². The Labute approximate surface area is 220 Å². The fraction of sp³-hybridized carbons (Fsp3) is 0.750. The second kappa shape index (κ2) is 13.1. The molecule has 3 heterocycles. The van der Waals surface area contributed by atoms with Crippen molar-refractivity contribution < 1.29 is 24.2 Å². The molecule has 36 heavy (non-hydrogen) atoms. The van der Waals surface area contributed by atoms with E-state index in [-0.39, 0.29) is 35.6 Å². The van der Waals surface area contributed by atoms with Gasteiger partial charge < -0.3 is 19.6 Å². The fourth-order valence-corrected chi connectivity index (χ4v) is 8.73. The molecule has 1 spiro atoms. The maximum absolute atomic E-state index is 14.1. The number of carbonyl (C=O) groups excluding carboxylic acids is 3. The summed E-state index contributed by atoms with van der Waals surface area (Å²) in [4.78, 5) is 45.0. The maximum Gasteiger partial charge on any atom is 0.310 e. The molecule has 3 aliphatic rings. The first-order valence-corrected chi connectivity index (χ1v) is 14.5. The highest BCUT2D eigenvalue weighted by Gasteiger charge is 2.76. The van der Waals surface area contributed by atoms with Gasteiger partial charge in [0.15, 0.2) is 0 Å². The number of esters is 1. The van der Waals surface area contributed by atoms with Crippen LogP contribution in [0.3, 0.4) is 0 Å². The molecule has 3 fully saturated rings. The monoisotopic (exact) mass is 520 g/mol. The molecule has 0 saturated carbocycles. The Bertz CT molecular complexity index is 820. The summed E-state index contributed by atoms with van der Waals surface area (Å²) in [5.74, 6) is -1.36. The van der Waals surface area contributed by atoms with Gasteiger partial charge in [-0.1, -0.05) is 32.4 Å². The molecule has 3 saturated heterocycles. The van der Waals surface area contributed by atoms with Crippen LogP contribution in [0, 0.1) is 17.8 Å². The first-order chi connectivity index (χ1) is 17.4. The molecular weight excluding hydrogens is 476 g/mol. The molecule has 3 unspecified atom stereocenters. The van der Waals surface area contributed by atoms with Gasteiger partial charge in [-0.2, -0.15) is 0 Å². The van der Waals surface area contributed by atoms with Crippen molar-refractivity contribution in [1.82, 2.24) is 9.80 Å². The molecule has 8 heteroatoms. The average Bonchev–Trinajstić information content (AvgIpc) is 3.45. The van der Waals surface area contributed by atoms with Crippen molar-refractivity contribution in [2.24, 2.45) is 17.8 Å². The second-order valence-corrected chi connectivity index (χ2v) is 11.9. The number of ether oxygens (including phenoxy) is 1. The fourth-order valence-electron chi connectivity index (χ4n) is 6.33. The third-order valence-corrected chi connectivity index (χ3v) is 10.1. The van der Waals surface area contributed by atoms with Crippen LogP contribution in [0.2, 0.25) is 0 Å².